The number of hydrogen-bond acceptors (Lipinski definition) is 4. The molecular formula is C9H13ClF2N2O2. The van der Waals surface area contributed by atoms with E-state index in [0.29, 0.717) is 0 Å². The molecule has 0 aliphatic heterocycles. The number of nitrogens with two attached hydrogens (primary N) is 1. The first-order valence-electron chi connectivity index (χ1n) is 4.31. The number of pyridine rings is 1. The lowest BCUT2D eigenvalue weighted by molar-refractivity contribution is 0.114. The fourth-order valence-electron chi connectivity index (χ4n) is 1.28. The van der Waals surface area contributed by atoms with E-state index in [2.05, 4.69) is 4.98 Å². The molecule has 0 spiro atoms. The summed E-state index contributed by atoms with van der Waals surface area (Å²) in [5.74, 6) is -0.380. The van der Waals surface area contributed by atoms with Gasteiger partial charge in [-0.05, 0) is 6.92 Å². The zero-order valence-electron chi connectivity index (χ0n) is 8.52. The van der Waals surface area contributed by atoms with E-state index in [-0.39, 0.29) is 35.0 Å². The SMILES string of the molecule is Cc1ncc(CO)c([C@H](N)C(F)F)c1O.Cl. The van der Waals surface area contributed by atoms with Gasteiger partial charge in [0, 0.05) is 17.3 Å². The number of aryl methyl sites for hydroxylation is 1. The number of alkyl halides is 2. The van der Waals surface area contributed by atoms with Crippen LogP contribution < -0.4 is 5.73 Å². The molecule has 0 aromatic carbocycles. The molecule has 0 radical (unpaired) electrons. The second-order valence-corrected chi connectivity index (χ2v) is 3.15. The van der Waals surface area contributed by atoms with Crippen LogP contribution >= 0.6 is 12.4 Å². The van der Waals surface area contributed by atoms with E-state index < -0.39 is 19.1 Å². The molecule has 4 N–H and O–H groups in total. The zero-order chi connectivity index (χ0) is 11.6. The first-order valence-corrected chi connectivity index (χ1v) is 4.31. The van der Waals surface area contributed by atoms with Gasteiger partial charge < -0.3 is 15.9 Å². The maximum Gasteiger partial charge on any atom is 0.257 e. The van der Waals surface area contributed by atoms with Gasteiger partial charge in [0.1, 0.15) is 5.75 Å². The van der Waals surface area contributed by atoms with Gasteiger partial charge in [-0.15, -0.1) is 12.4 Å². The molecule has 1 heterocycles. The lowest BCUT2D eigenvalue weighted by Gasteiger charge is -2.16. The summed E-state index contributed by atoms with van der Waals surface area (Å²) < 4.78 is 24.8. The molecule has 0 aliphatic carbocycles. The summed E-state index contributed by atoms with van der Waals surface area (Å²) in [6.07, 6.45) is -1.57. The monoisotopic (exact) mass is 254 g/mol. The standard InChI is InChI=1S/C9H12F2N2O2.ClH/c1-4-8(15)6(7(12)9(10)11)5(3-14)2-13-4;/h2,7,9,14-15H,3,12H2,1H3;1H/t7-;/m0./s1. The van der Waals surface area contributed by atoms with Gasteiger partial charge in [-0.1, -0.05) is 0 Å². The summed E-state index contributed by atoms with van der Waals surface area (Å²) in [5, 5.41) is 18.5. The van der Waals surface area contributed by atoms with Gasteiger partial charge in [0.2, 0.25) is 0 Å². The Kier molecular flexibility index (Phi) is 5.57. The Balaban J connectivity index is 0.00000225. The lowest BCUT2D eigenvalue weighted by Crippen LogP contribution is -2.21. The van der Waals surface area contributed by atoms with Crippen LogP contribution in [0, 0.1) is 6.92 Å². The highest BCUT2D eigenvalue weighted by atomic mass is 35.5. The quantitative estimate of drug-likeness (QED) is 0.759. The van der Waals surface area contributed by atoms with Gasteiger partial charge in [-0.25, -0.2) is 8.78 Å². The van der Waals surface area contributed by atoms with Crippen LogP contribution in [0.3, 0.4) is 0 Å². The normalized spacial score (nSPS) is 12.4. The fourth-order valence-corrected chi connectivity index (χ4v) is 1.28. The van der Waals surface area contributed by atoms with Crippen molar-refractivity contribution in [3.05, 3.63) is 23.0 Å². The molecule has 1 aromatic rings. The zero-order valence-corrected chi connectivity index (χ0v) is 9.34. The average molecular weight is 255 g/mol. The molecule has 0 bridgehead atoms. The number of aromatic hydroxyl groups is 1. The molecule has 16 heavy (non-hydrogen) atoms. The van der Waals surface area contributed by atoms with Crippen LogP contribution in [-0.4, -0.2) is 21.6 Å². The first-order chi connectivity index (χ1) is 6.99. The van der Waals surface area contributed by atoms with Crippen molar-refractivity contribution < 1.29 is 19.0 Å². The summed E-state index contributed by atoms with van der Waals surface area (Å²) in [4.78, 5) is 3.74. The van der Waals surface area contributed by atoms with E-state index in [4.69, 9.17) is 10.8 Å². The van der Waals surface area contributed by atoms with E-state index >= 15 is 0 Å². The Morgan fingerprint density at radius 1 is 1.50 bits per heavy atom. The number of nitrogens with zero attached hydrogens (tertiary/aromatic N) is 1. The van der Waals surface area contributed by atoms with Gasteiger partial charge in [0.15, 0.2) is 0 Å². The van der Waals surface area contributed by atoms with E-state index in [0.717, 1.165) is 0 Å². The van der Waals surface area contributed by atoms with E-state index in [1.807, 2.05) is 0 Å². The van der Waals surface area contributed by atoms with E-state index in [9.17, 15) is 13.9 Å². The summed E-state index contributed by atoms with van der Waals surface area (Å²) in [6, 6.07) is -1.62. The fraction of sp³-hybridized carbons (Fsp3) is 0.444. The van der Waals surface area contributed by atoms with Gasteiger partial charge >= 0.3 is 0 Å². The van der Waals surface area contributed by atoms with Crippen LogP contribution in [0.1, 0.15) is 22.9 Å². The predicted octanol–water partition coefficient (Wildman–Crippen LogP) is 1.27. The second-order valence-electron chi connectivity index (χ2n) is 3.15. The van der Waals surface area contributed by atoms with Gasteiger partial charge in [0.05, 0.1) is 18.3 Å². The topological polar surface area (TPSA) is 79.4 Å². The smallest absolute Gasteiger partial charge is 0.257 e. The number of hydrogen-bond donors (Lipinski definition) is 3. The van der Waals surface area contributed by atoms with Crippen LogP contribution in [0.4, 0.5) is 8.78 Å². The molecule has 1 atom stereocenters. The molecule has 4 nitrogen and oxygen atoms in total. The Labute approximate surface area is 97.5 Å². The molecule has 0 unspecified atom stereocenters. The third kappa shape index (κ3) is 2.78. The highest BCUT2D eigenvalue weighted by molar-refractivity contribution is 5.85. The Bertz CT molecular complexity index is 364. The van der Waals surface area contributed by atoms with Crippen molar-refractivity contribution in [3.8, 4) is 5.75 Å². The van der Waals surface area contributed by atoms with Gasteiger partial charge in [-0.2, -0.15) is 0 Å². The van der Waals surface area contributed by atoms with Crippen LogP contribution in [0.25, 0.3) is 0 Å². The Morgan fingerprint density at radius 3 is 2.50 bits per heavy atom. The lowest BCUT2D eigenvalue weighted by atomic mass is 10.0. The summed E-state index contributed by atoms with van der Waals surface area (Å²) in [7, 11) is 0. The minimum atomic E-state index is -2.80. The molecule has 1 aromatic heterocycles. The summed E-state index contributed by atoms with van der Waals surface area (Å²) >= 11 is 0. The number of halogens is 3. The largest absolute Gasteiger partial charge is 0.506 e. The van der Waals surface area contributed by atoms with Gasteiger partial charge in [0.25, 0.3) is 6.43 Å². The minimum absolute atomic E-state index is 0. The van der Waals surface area contributed by atoms with Crippen molar-refractivity contribution in [2.24, 2.45) is 5.73 Å². The van der Waals surface area contributed by atoms with E-state index in [1.54, 1.807) is 0 Å². The van der Waals surface area contributed by atoms with Crippen molar-refractivity contribution in [2.75, 3.05) is 0 Å². The molecule has 0 saturated heterocycles. The second kappa shape index (κ2) is 5.93. The maximum absolute atomic E-state index is 12.4. The molecule has 7 heteroatoms. The van der Waals surface area contributed by atoms with E-state index in [1.165, 1.54) is 13.1 Å². The van der Waals surface area contributed by atoms with Crippen LogP contribution in [-0.2, 0) is 6.61 Å². The van der Waals surface area contributed by atoms with Crippen LogP contribution in [0.15, 0.2) is 6.20 Å². The summed E-state index contributed by atoms with van der Waals surface area (Å²) in [5.41, 5.74) is 5.42. The number of aromatic nitrogens is 1. The number of aliphatic hydroxyl groups is 1. The molecule has 0 aliphatic rings. The maximum atomic E-state index is 12.4. The average Bonchev–Trinajstić information content (AvgIpc) is 2.20. The first kappa shape index (κ1) is 15.0. The van der Waals surface area contributed by atoms with Crippen molar-refractivity contribution in [1.82, 2.24) is 4.98 Å². The number of aliphatic hydroxyl groups excluding tert-OH is 1. The molecule has 1 rings (SSSR count). The molecule has 0 saturated carbocycles. The van der Waals surface area contributed by atoms with Crippen molar-refractivity contribution >= 4 is 12.4 Å². The third-order valence-electron chi connectivity index (χ3n) is 2.13. The van der Waals surface area contributed by atoms with Gasteiger partial charge in [-0.3, -0.25) is 4.98 Å². The molecule has 92 valence electrons. The molecule has 0 amide bonds. The minimum Gasteiger partial charge on any atom is -0.506 e. The van der Waals surface area contributed by atoms with Crippen molar-refractivity contribution in [1.29, 1.82) is 0 Å². The highest BCUT2D eigenvalue weighted by Crippen LogP contribution is 2.31. The van der Waals surface area contributed by atoms with Crippen molar-refractivity contribution in [2.45, 2.75) is 26.0 Å². The van der Waals surface area contributed by atoms with Crippen LogP contribution in [0.5, 0.6) is 5.75 Å². The highest BCUT2D eigenvalue weighted by Gasteiger charge is 2.25. The Hall–Kier alpha value is -0.980. The Morgan fingerprint density at radius 2 is 2.06 bits per heavy atom. The number of rotatable bonds is 3. The molecular weight excluding hydrogens is 242 g/mol. The summed E-state index contributed by atoms with van der Waals surface area (Å²) in [6.45, 7) is 0.981. The third-order valence-corrected chi connectivity index (χ3v) is 2.13. The van der Waals surface area contributed by atoms with Crippen molar-refractivity contribution in [3.63, 3.8) is 0 Å². The molecule has 0 fully saturated rings. The predicted molar refractivity (Wildman–Crippen MR) is 56.7 cm³/mol. The van der Waals surface area contributed by atoms with Crippen LogP contribution in [0.2, 0.25) is 0 Å².